The number of ether oxygens (including phenoxy) is 1. The van der Waals surface area contributed by atoms with E-state index in [4.69, 9.17) is 4.74 Å². The number of hydrogen-bond donors (Lipinski definition) is 0. The lowest BCUT2D eigenvalue weighted by atomic mass is 9.96. The molecule has 0 N–H and O–H groups in total. The summed E-state index contributed by atoms with van der Waals surface area (Å²) in [5.74, 6) is 0.999. The monoisotopic (exact) mass is 226 g/mol. The average molecular weight is 226 g/mol. The molecular formula is C12H22N2O2. The standard InChI is InChI=1S/C12H22N2O2/c1-11(15)14-4-2-12(3-5-14)10-13-6-8-16-9-7-13/h12H,2-10H2,1H3. The maximum atomic E-state index is 11.2. The fourth-order valence-electron chi connectivity index (χ4n) is 2.58. The van der Waals surface area contributed by atoms with Crippen LogP contribution in [0.1, 0.15) is 19.8 Å². The predicted octanol–water partition coefficient (Wildman–Crippen LogP) is 0.577. The lowest BCUT2D eigenvalue weighted by molar-refractivity contribution is -0.130. The summed E-state index contributed by atoms with van der Waals surface area (Å²) in [5.41, 5.74) is 0. The summed E-state index contributed by atoms with van der Waals surface area (Å²) in [6.45, 7) is 8.67. The highest BCUT2D eigenvalue weighted by Crippen LogP contribution is 2.18. The first kappa shape index (κ1) is 11.9. The van der Waals surface area contributed by atoms with Crippen LogP contribution in [0.4, 0.5) is 0 Å². The second-order valence-electron chi connectivity index (χ2n) is 4.86. The van der Waals surface area contributed by atoms with E-state index in [1.807, 2.05) is 4.90 Å². The Morgan fingerprint density at radius 2 is 1.81 bits per heavy atom. The molecule has 2 saturated heterocycles. The van der Waals surface area contributed by atoms with E-state index in [2.05, 4.69) is 4.90 Å². The molecule has 0 aromatic rings. The smallest absolute Gasteiger partial charge is 0.219 e. The van der Waals surface area contributed by atoms with Gasteiger partial charge in [0, 0.05) is 39.6 Å². The van der Waals surface area contributed by atoms with E-state index >= 15 is 0 Å². The van der Waals surface area contributed by atoms with Crippen LogP contribution in [0.3, 0.4) is 0 Å². The third-order valence-electron chi connectivity index (χ3n) is 3.68. The average Bonchev–Trinajstić information content (AvgIpc) is 2.31. The lowest BCUT2D eigenvalue weighted by Gasteiger charge is -2.35. The molecule has 0 atom stereocenters. The Morgan fingerprint density at radius 1 is 1.19 bits per heavy atom. The highest BCUT2D eigenvalue weighted by molar-refractivity contribution is 5.73. The minimum absolute atomic E-state index is 0.227. The van der Waals surface area contributed by atoms with E-state index in [0.717, 1.165) is 58.2 Å². The Labute approximate surface area is 97.5 Å². The summed E-state index contributed by atoms with van der Waals surface area (Å²) in [6, 6.07) is 0. The number of carbonyl (C=O) groups is 1. The van der Waals surface area contributed by atoms with Gasteiger partial charge in [-0.25, -0.2) is 0 Å². The van der Waals surface area contributed by atoms with Gasteiger partial charge in [-0.05, 0) is 18.8 Å². The molecule has 4 nitrogen and oxygen atoms in total. The van der Waals surface area contributed by atoms with Gasteiger partial charge in [-0.3, -0.25) is 9.69 Å². The van der Waals surface area contributed by atoms with E-state index in [-0.39, 0.29) is 5.91 Å². The van der Waals surface area contributed by atoms with Gasteiger partial charge in [0.05, 0.1) is 13.2 Å². The highest BCUT2D eigenvalue weighted by Gasteiger charge is 2.23. The molecule has 92 valence electrons. The summed E-state index contributed by atoms with van der Waals surface area (Å²) < 4.78 is 5.34. The van der Waals surface area contributed by atoms with Gasteiger partial charge < -0.3 is 9.64 Å². The molecule has 2 aliphatic heterocycles. The van der Waals surface area contributed by atoms with Crippen LogP contribution in [0.2, 0.25) is 0 Å². The molecule has 0 bridgehead atoms. The summed E-state index contributed by atoms with van der Waals surface area (Å²) in [4.78, 5) is 15.7. The summed E-state index contributed by atoms with van der Waals surface area (Å²) in [5, 5.41) is 0. The van der Waals surface area contributed by atoms with Crippen LogP contribution in [-0.2, 0) is 9.53 Å². The van der Waals surface area contributed by atoms with Crippen LogP contribution in [0, 0.1) is 5.92 Å². The summed E-state index contributed by atoms with van der Waals surface area (Å²) in [7, 11) is 0. The normalized spacial score (nSPS) is 24.7. The van der Waals surface area contributed by atoms with E-state index < -0.39 is 0 Å². The van der Waals surface area contributed by atoms with E-state index in [9.17, 15) is 4.79 Å². The van der Waals surface area contributed by atoms with Gasteiger partial charge in [-0.2, -0.15) is 0 Å². The highest BCUT2D eigenvalue weighted by atomic mass is 16.5. The minimum Gasteiger partial charge on any atom is -0.379 e. The van der Waals surface area contributed by atoms with Gasteiger partial charge in [-0.1, -0.05) is 0 Å². The minimum atomic E-state index is 0.227. The zero-order valence-electron chi connectivity index (χ0n) is 10.2. The molecule has 2 fully saturated rings. The zero-order valence-corrected chi connectivity index (χ0v) is 10.2. The van der Waals surface area contributed by atoms with Crippen LogP contribution in [0.5, 0.6) is 0 Å². The van der Waals surface area contributed by atoms with Gasteiger partial charge in [0.1, 0.15) is 0 Å². The fraction of sp³-hybridized carbons (Fsp3) is 0.917. The quantitative estimate of drug-likeness (QED) is 0.690. The van der Waals surface area contributed by atoms with Crippen molar-refractivity contribution in [2.75, 3.05) is 45.9 Å². The molecule has 2 aliphatic rings. The first-order valence-corrected chi connectivity index (χ1v) is 6.31. The second kappa shape index (κ2) is 5.64. The third kappa shape index (κ3) is 3.19. The molecule has 0 aliphatic carbocycles. The van der Waals surface area contributed by atoms with Crippen molar-refractivity contribution in [1.82, 2.24) is 9.80 Å². The molecule has 0 aromatic heterocycles. The SMILES string of the molecule is CC(=O)N1CCC(CN2CCOCC2)CC1. The van der Waals surface area contributed by atoms with Crippen LogP contribution in [0.15, 0.2) is 0 Å². The summed E-state index contributed by atoms with van der Waals surface area (Å²) >= 11 is 0. The Balaban J connectivity index is 1.70. The first-order chi connectivity index (χ1) is 7.75. The number of amides is 1. The van der Waals surface area contributed by atoms with Crippen molar-refractivity contribution < 1.29 is 9.53 Å². The lowest BCUT2D eigenvalue weighted by Crippen LogP contribution is -2.43. The van der Waals surface area contributed by atoms with Crippen molar-refractivity contribution in [2.45, 2.75) is 19.8 Å². The Hall–Kier alpha value is -0.610. The largest absolute Gasteiger partial charge is 0.379 e. The number of rotatable bonds is 2. The van der Waals surface area contributed by atoms with Crippen LogP contribution in [-0.4, -0.2) is 61.6 Å². The van der Waals surface area contributed by atoms with Gasteiger partial charge >= 0.3 is 0 Å². The maximum absolute atomic E-state index is 11.2. The molecule has 0 saturated carbocycles. The molecule has 1 amide bonds. The van der Waals surface area contributed by atoms with Gasteiger partial charge in [0.2, 0.25) is 5.91 Å². The Kier molecular flexibility index (Phi) is 4.18. The number of morpholine rings is 1. The van der Waals surface area contributed by atoms with Crippen molar-refractivity contribution in [3.63, 3.8) is 0 Å². The van der Waals surface area contributed by atoms with Gasteiger partial charge in [-0.15, -0.1) is 0 Å². The molecule has 4 heteroatoms. The molecule has 0 radical (unpaired) electrons. The Morgan fingerprint density at radius 3 is 2.38 bits per heavy atom. The van der Waals surface area contributed by atoms with E-state index in [1.54, 1.807) is 6.92 Å². The van der Waals surface area contributed by atoms with E-state index in [0.29, 0.717) is 0 Å². The topological polar surface area (TPSA) is 32.8 Å². The second-order valence-corrected chi connectivity index (χ2v) is 4.86. The van der Waals surface area contributed by atoms with Crippen LogP contribution >= 0.6 is 0 Å². The number of nitrogens with zero attached hydrogens (tertiary/aromatic N) is 2. The summed E-state index contributed by atoms with van der Waals surface area (Å²) in [6.07, 6.45) is 2.33. The number of carbonyl (C=O) groups excluding carboxylic acids is 1. The molecule has 2 rings (SSSR count). The number of piperidine rings is 1. The number of likely N-dealkylation sites (tertiary alicyclic amines) is 1. The first-order valence-electron chi connectivity index (χ1n) is 6.31. The van der Waals surface area contributed by atoms with E-state index in [1.165, 1.54) is 6.54 Å². The third-order valence-corrected chi connectivity index (χ3v) is 3.68. The molecule has 0 unspecified atom stereocenters. The molecular weight excluding hydrogens is 204 g/mol. The zero-order chi connectivity index (χ0) is 11.4. The number of hydrogen-bond acceptors (Lipinski definition) is 3. The molecule has 0 aromatic carbocycles. The predicted molar refractivity (Wildman–Crippen MR) is 62.2 cm³/mol. The fourth-order valence-corrected chi connectivity index (χ4v) is 2.58. The van der Waals surface area contributed by atoms with Crippen molar-refractivity contribution in [3.8, 4) is 0 Å². The molecule has 0 spiro atoms. The Bertz CT molecular complexity index is 231. The molecule has 16 heavy (non-hydrogen) atoms. The van der Waals surface area contributed by atoms with Crippen molar-refractivity contribution >= 4 is 5.91 Å². The maximum Gasteiger partial charge on any atom is 0.219 e. The van der Waals surface area contributed by atoms with Crippen LogP contribution < -0.4 is 0 Å². The van der Waals surface area contributed by atoms with Gasteiger partial charge in [0.15, 0.2) is 0 Å². The van der Waals surface area contributed by atoms with Crippen molar-refractivity contribution in [1.29, 1.82) is 0 Å². The molecule has 2 heterocycles. The van der Waals surface area contributed by atoms with Gasteiger partial charge in [0.25, 0.3) is 0 Å². The van der Waals surface area contributed by atoms with Crippen molar-refractivity contribution in [2.24, 2.45) is 5.92 Å². The van der Waals surface area contributed by atoms with Crippen LogP contribution in [0.25, 0.3) is 0 Å². The van der Waals surface area contributed by atoms with Crippen molar-refractivity contribution in [3.05, 3.63) is 0 Å².